The Kier molecular flexibility index (Phi) is 6.34. The maximum Gasteiger partial charge on any atom is 0.121 e. The quantitative estimate of drug-likeness (QED) is 0.871. The fourth-order valence-electron chi connectivity index (χ4n) is 2.93. The fraction of sp³-hybridized carbons (Fsp3) is 0.647. The Balaban J connectivity index is 1.85. The minimum absolute atomic E-state index is 0.158. The molecule has 3 nitrogen and oxygen atoms in total. The summed E-state index contributed by atoms with van der Waals surface area (Å²) in [5.41, 5.74) is 0. The van der Waals surface area contributed by atoms with Gasteiger partial charge in [-0.25, -0.2) is 0 Å². The molecule has 1 N–H and O–H groups in total. The summed E-state index contributed by atoms with van der Waals surface area (Å²) >= 11 is 6.01. The lowest BCUT2D eigenvalue weighted by atomic mass is 9.87. The van der Waals surface area contributed by atoms with Crippen molar-refractivity contribution in [3.63, 3.8) is 0 Å². The molecule has 1 aliphatic heterocycles. The van der Waals surface area contributed by atoms with Gasteiger partial charge in [0.25, 0.3) is 0 Å². The molecule has 1 fully saturated rings. The van der Waals surface area contributed by atoms with E-state index < -0.39 is 0 Å². The van der Waals surface area contributed by atoms with E-state index in [1.54, 1.807) is 0 Å². The predicted octanol–water partition coefficient (Wildman–Crippen LogP) is 3.43. The average Bonchev–Trinajstić information content (AvgIpc) is 2.45. The van der Waals surface area contributed by atoms with Crippen molar-refractivity contribution in [1.29, 1.82) is 0 Å². The summed E-state index contributed by atoms with van der Waals surface area (Å²) in [5.74, 6) is 1.65. The molecular formula is C17H27ClN2O. The molecule has 3 unspecified atom stereocenters. The number of piperidine rings is 1. The Morgan fingerprint density at radius 2 is 2.24 bits per heavy atom. The Morgan fingerprint density at radius 1 is 1.43 bits per heavy atom. The van der Waals surface area contributed by atoms with E-state index in [0.717, 1.165) is 23.2 Å². The van der Waals surface area contributed by atoms with Gasteiger partial charge in [-0.2, -0.15) is 0 Å². The minimum atomic E-state index is 0.158. The summed E-state index contributed by atoms with van der Waals surface area (Å²) in [6.45, 7) is 4.40. The Bertz CT molecular complexity index is 439. The van der Waals surface area contributed by atoms with E-state index in [1.165, 1.54) is 25.8 Å². The number of ether oxygens (including phenoxy) is 1. The lowest BCUT2D eigenvalue weighted by Crippen LogP contribution is -2.47. The van der Waals surface area contributed by atoms with Crippen LogP contribution in [0, 0.1) is 5.92 Å². The Hall–Kier alpha value is -0.770. The van der Waals surface area contributed by atoms with Crippen LogP contribution >= 0.6 is 11.6 Å². The number of hydrogen-bond donors (Lipinski definition) is 1. The van der Waals surface area contributed by atoms with Gasteiger partial charge in [-0.05, 0) is 77.5 Å². The van der Waals surface area contributed by atoms with Crippen LogP contribution < -0.4 is 10.1 Å². The molecule has 0 spiro atoms. The second kappa shape index (κ2) is 8.02. The molecule has 0 amide bonds. The lowest BCUT2D eigenvalue weighted by Gasteiger charge is -2.34. The van der Waals surface area contributed by atoms with Gasteiger partial charge < -0.3 is 15.0 Å². The van der Waals surface area contributed by atoms with E-state index in [1.807, 2.05) is 24.3 Å². The zero-order chi connectivity index (χ0) is 15.2. The fourth-order valence-corrected chi connectivity index (χ4v) is 3.11. The zero-order valence-corrected chi connectivity index (χ0v) is 14.1. The molecule has 4 heteroatoms. The molecule has 3 atom stereocenters. The summed E-state index contributed by atoms with van der Waals surface area (Å²) in [7, 11) is 4.28. The lowest BCUT2D eigenvalue weighted by molar-refractivity contribution is 0.129. The minimum Gasteiger partial charge on any atom is -0.489 e. The second-order valence-corrected chi connectivity index (χ2v) is 6.76. The van der Waals surface area contributed by atoms with Gasteiger partial charge in [0.05, 0.1) is 0 Å². The summed E-state index contributed by atoms with van der Waals surface area (Å²) < 4.78 is 6.05. The highest BCUT2D eigenvalue weighted by Gasteiger charge is 2.26. The standard InChI is InChI=1S/C17H27ClN2O/c1-13(21-16-6-4-5-15(18)12-16)17-11-14(7-9-19-17)8-10-20(2)3/h4-6,12-14,17,19H,7-11H2,1-3H3. The first-order valence-electron chi connectivity index (χ1n) is 7.85. The van der Waals surface area contributed by atoms with E-state index >= 15 is 0 Å². The zero-order valence-electron chi connectivity index (χ0n) is 13.3. The SMILES string of the molecule is CC(Oc1cccc(Cl)c1)C1CC(CCN(C)C)CCN1. The van der Waals surface area contributed by atoms with Crippen molar-refractivity contribution in [3.8, 4) is 5.75 Å². The summed E-state index contributed by atoms with van der Waals surface area (Å²) in [5, 5.41) is 4.32. The van der Waals surface area contributed by atoms with E-state index in [0.29, 0.717) is 6.04 Å². The van der Waals surface area contributed by atoms with Gasteiger partial charge in [0.1, 0.15) is 11.9 Å². The van der Waals surface area contributed by atoms with Gasteiger partial charge in [0, 0.05) is 11.1 Å². The Morgan fingerprint density at radius 3 is 2.95 bits per heavy atom. The highest BCUT2D eigenvalue weighted by atomic mass is 35.5. The smallest absolute Gasteiger partial charge is 0.121 e. The Labute approximate surface area is 133 Å². The third-order valence-corrected chi connectivity index (χ3v) is 4.45. The summed E-state index contributed by atoms with van der Waals surface area (Å²) in [6, 6.07) is 8.07. The maximum absolute atomic E-state index is 6.05. The molecule has 1 heterocycles. The second-order valence-electron chi connectivity index (χ2n) is 6.32. The van der Waals surface area contributed by atoms with E-state index in [-0.39, 0.29) is 6.10 Å². The number of benzene rings is 1. The van der Waals surface area contributed by atoms with Gasteiger partial charge in [-0.3, -0.25) is 0 Å². The van der Waals surface area contributed by atoms with Crippen molar-refractivity contribution in [2.24, 2.45) is 5.92 Å². The molecule has 1 aromatic rings. The number of hydrogen-bond acceptors (Lipinski definition) is 3. The van der Waals surface area contributed by atoms with E-state index in [4.69, 9.17) is 16.3 Å². The molecular weight excluding hydrogens is 284 g/mol. The van der Waals surface area contributed by atoms with Crippen molar-refractivity contribution < 1.29 is 4.74 Å². The largest absolute Gasteiger partial charge is 0.489 e. The van der Waals surface area contributed by atoms with Crippen LogP contribution in [0.15, 0.2) is 24.3 Å². The van der Waals surface area contributed by atoms with Crippen LogP contribution in [0.25, 0.3) is 0 Å². The van der Waals surface area contributed by atoms with Crippen LogP contribution in [0.2, 0.25) is 5.02 Å². The number of rotatable bonds is 6. The normalized spacial score (nSPS) is 24.0. The summed E-state index contributed by atoms with van der Waals surface area (Å²) in [4.78, 5) is 2.27. The van der Waals surface area contributed by atoms with Crippen molar-refractivity contribution in [1.82, 2.24) is 10.2 Å². The van der Waals surface area contributed by atoms with Crippen LogP contribution in [0.3, 0.4) is 0 Å². The van der Waals surface area contributed by atoms with Gasteiger partial charge in [-0.1, -0.05) is 17.7 Å². The highest BCUT2D eigenvalue weighted by molar-refractivity contribution is 6.30. The van der Waals surface area contributed by atoms with Crippen LogP contribution in [-0.4, -0.2) is 44.2 Å². The first-order valence-corrected chi connectivity index (χ1v) is 8.22. The van der Waals surface area contributed by atoms with Crippen LogP contribution in [-0.2, 0) is 0 Å². The van der Waals surface area contributed by atoms with Gasteiger partial charge in [-0.15, -0.1) is 0 Å². The van der Waals surface area contributed by atoms with Crippen molar-refractivity contribution in [2.75, 3.05) is 27.2 Å². The number of nitrogens with one attached hydrogen (secondary N) is 1. The molecule has 2 rings (SSSR count). The van der Waals surface area contributed by atoms with Crippen molar-refractivity contribution in [2.45, 2.75) is 38.3 Å². The molecule has 0 bridgehead atoms. The molecule has 118 valence electrons. The van der Waals surface area contributed by atoms with Crippen molar-refractivity contribution >= 4 is 11.6 Å². The van der Waals surface area contributed by atoms with Gasteiger partial charge in [0.15, 0.2) is 0 Å². The van der Waals surface area contributed by atoms with Crippen LogP contribution in [0.4, 0.5) is 0 Å². The topological polar surface area (TPSA) is 24.5 Å². The summed E-state index contributed by atoms with van der Waals surface area (Å²) in [6.07, 6.45) is 3.89. The third kappa shape index (κ3) is 5.50. The molecule has 0 aliphatic carbocycles. The third-order valence-electron chi connectivity index (χ3n) is 4.22. The van der Waals surface area contributed by atoms with E-state index in [9.17, 15) is 0 Å². The molecule has 1 aromatic carbocycles. The first-order chi connectivity index (χ1) is 10.0. The molecule has 21 heavy (non-hydrogen) atoms. The molecule has 0 aromatic heterocycles. The number of nitrogens with zero attached hydrogens (tertiary/aromatic N) is 1. The molecule has 1 saturated heterocycles. The van der Waals surface area contributed by atoms with Gasteiger partial charge >= 0.3 is 0 Å². The molecule has 0 radical (unpaired) electrons. The predicted molar refractivity (Wildman–Crippen MR) is 89.2 cm³/mol. The van der Waals surface area contributed by atoms with Crippen LogP contribution in [0.5, 0.6) is 5.75 Å². The van der Waals surface area contributed by atoms with Crippen LogP contribution in [0.1, 0.15) is 26.2 Å². The molecule has 1 aliphatic rings. The average molecular weight is 311 g/mol. The monoisotopic (exact) mass is 310 g/mol. The maximum atomic E-state index is 6.05. The van der Waals surface area contributed by atoms with Gasteiger partial charge in [0.2, 0.25) is 0 Å². The van der Waals surface area contributed by atoms with E-state index in [2.05, 4.69) is 31.2 Å². The molecule has 0 saturated carbocycles. The number of halogens is 1. The first kappa shape index (κ1) is 16.6. The highest BCUT2D eigenvalue weighted by Crippen LogP contribution is 2.25. The van der Waals surface area contributed by atoms with Crippen molar-refractivity contribution in [3.05, 3.63) is 29.3 Å².